The SMILES string of the molecule is CCOC1CC(NC(C)C(=O)NC(CC)CC)C1. The fourth-order valence-electron chi connectivity index (χ4n) is 2.32. The molecular formula is C14H28N2O2. The zero-order chi connectivity index (χ0) is 13.5. The summed E-state index contributed by atoms with van der Waals surface area (Å²) < 4.78 is 5.51. The molecule has 1 aliphatic rings. The third-order valence-electron chi connectivity index (χ3n) is 3.71. The highest BCUT2D eigenvalue weighted by molar-refractivity contribution is 5.81. The Morgan fingerprint density at radius 2 is 1.89 bits per heavy atom. The van der Waals surface area contributed by atoms with E-state index < -0.39 is 0 Å². The van der Waals surface area contributed by atoms with Crippen molar-refractivity contribution in [3.63, 3.8) is 0 Å². The molecule has 1 fully saturated rings. The second kappa shape index (κ2) is 7.74. The standard InChI is InChI=1S/C14H28N2O2/c1-5-11(6-2)16-14(17)10(4)15-12-8-13(9-12)18-7-3/h10-13,15H,5-9H2,1-4H3,(H,16,17). The van der Waals surface area contributed by atoms with E-state index in [1.54, 1.807) is 0 Å². The molecule has 0 spiro atoms. The first-order valence-electron chi connectivity index (χ1n) is 7.28. The maximum absolute atomic E-state index is 11.9. The largest absolute Gasteiger partial charge is 0.378 e. The molecule has 0 saturated heterocycles. The second-order valence-electron chi connectivity index (χ2n) is 5.16. The zero-order valence-corrected chi connectivity index (χ0v) is 12.2. The van der Waals surface area contributed by atoms with Crippen LogP contribution in [0.25, 0.3) is 0 Å². The summed E-state index contributed by atoms with van der Waals surface area (Å²) >= 11 is 0. The molecule has 1 amide bonds. The number of carbonyl (C=O) groups excluding carboxylic acids is 1. The first-order valence-corrected chi connectivity index (χ1v) is 7.28. The molecule has 2 N–H and O–H groups in total. The molecule has 0 heterocycles. The first-order chi connectivity index (χ1) is 8.60. The Labute approximate surface area is 111 Å². The average Bonchev–Trinajstić information content (AvgIpc) is 2.32. The monoisotopic (exact) mass is 256 g/mol. The molecule has 0 aromatic heterocycles. The van der Waals surface area contributed by atoms with E-state index in [1.165, 1.54) is 0 Å². The van der Waals surface area contributed by atoms with E-state index in [0.717, 1.165) is 32.3 Å². The summed E-state index contributed by atoms with van der Waals surface area (Å²) in [5, 5.41) is 6.44. The van der Waals surface area contributed by atoms with Crippen LogP contribution in [-0.4, -0.2) is 36.7 Å². The number of hydrogen-bond donors (Lipinski definition) is 2. The Hall–Kier alpha value is -0.610. The fourth-order valence-corrected chi connectivity index (χ4v) is 2.32. The van der Waals surface area contributed by atoms with Crippen molar-refractivity contribution in [1.82, 2.24) is 10.6 Å². The number of rotatable bonds is 8. The number of ether oxygens (including phenoxy) is 1. The van der Waals surface area contributed by atoms with Crippen molar-refractivity contribution < 1.29 is 9.53 Å². The van der Waals surface area contributed by atoms with Crippen molar-refractivity contribution >= 4 is 5.91 Å². The number of hydrogen-bond acceptors (Lipinski definition) is 3. The molecule has 4 heteroatoms. The van der Waals surface area contributed by atoms with Gasteiger partial charge in [0.15, 0.2) is 0 Å². The average molecular weight is 256 g/mol. The maximum atomic E-state index is 11.9. The van der Waals surface area contributed by atoms with E-state index in [-0.39, 0.29) is 11.9 Å². The predicted molar refractivity (Wildman–Crippen MR) is 73.5 cm³/mol. The molecule has 4 nitrogen and oxygen atoms in total. The number of amides is 1. The van der Waals surface area contributed by atoms with Gasteiger partial charge in [0.1, 0.15) is 0 Å². The lowest BCUT2D eigenvalue weighted by Gasteiger charge is -2.37. The van der Waals surface area contributed by atoms with Gasteiger partial charge in [-0.25, -0.2) is 0 Å². The minimum absolute atomic E-state index is 0.113. The molecule has 106 valence electrons. The summed E-state index contributed by atoms with van der Waals surface area (Å²) in [7, 11) is 0. The maximum Gasteiger partial charge on any atom is 0.237 e. The molecular weight excluding hydrogens is 228 g/mol. The van der Waals surface area contributed by atoms with Crippen molar-refractivity contribution in [2.45, 2.75) is 77.6 Å². The molecule has 1 rings (SSSR count). The van der Waals surface area contributed by atoms with Gasteiger partial charge < -0.3 is 15.4 Å². The van der Waals surface area contributed by atoms with Crippen molar-refractivity contribution in [3.8, 4) is 0 Å². The minimum Gasteiger partial charge on any atom is -0.378 e. The second-order valence-corrected chi connectivity index (χ2v) is 5.16. The zero-order valence-electron chi connectivity index (χ0n) is 12.2. The summed E-state index contributed by atoms with van der Waals surface area (Å²) in [6, 6.07) is 0.626. The van der Waals surface area contributed by atoms with Crippen LogP contribution in [0.2, 0.25) is 0 Å². The quantitative estimate of drug-likeness (QED) is 0.696. The van der Waals surface area contributed by atoms with Gasteiger partial charge in [-0.2, -0.15) is 0 Å². The van der Waals surface area contributed by atoms with E-state index >= 15 is 0 Å². The van der Waals surface area contributed by atoms with Gasteiger partial charge in [0, 0.05) is 18.7 Å². The van der Waals surface area contributed by atoms with Gasteiger partial charge in [-0.15, -0.1) is 0 Å². The van der Waals surface area contributed by atoms with Gasteiger partial charge in [0.05, 0.1) is 12.1 Å². The van der Waals surface area contributed by atoms with Crippen molar-refractivity contribution in [3.05, 3.63) is 0 Å². The summed E-state index contributed by atoms with van der Waals surface area (Å²) in [6.07, 6.45) is 4.42. The lowest BCUT2D eigenvalue weighted by molar-refractivity contribution is -0.124. The molecule has 1 aliphatic carbocycles. The molecule has 0 aromatic rings. The molecule has 0 radical (unpaired) electrons. The fraction of sp³-hybridized carbons (Fsp3) is 0.929. The Kier molecular flexibility index (Phi) is 6.65. The summed E-state index contributed by atoms with van der Waals surface area (Å²) in [5.74, 6) is 0.114. The summed E-state index contributed by atoms with van der Waals surface area (Å²) in [4.78, 5) is 11.9. The van der Waals surface area contributed by atoms with E-state index in [9.17, 15) is 4.79 Å². The van der Waals surface area contributed by atoms with Gasteiger partial charge in [-0.1, -0.05) is 13.8 Å². The van der Waals surface area contributed by atoms with Crippen LogP contribution in [0.3, 0.4) is 0 Å². The van der Waals surface area contributed by atoms with Crippen LogP contribution in [0, 0.1) is 0 Å². The molecule has 0 aromatic carbocycles. The number of nitrogens with one attached hydrogen (secondary N) is 2. The Balaban J connectivity index is 2.20. The molecule has 0 aliphatic heterocycles. The van der Waals surface area contributed by atoms with Crippen LogP contribution in [0.1, 0.15) is 53.4 Å². The van der Waals surface area contributed by atoms with Crippen molar-refractivity contribution in [2.24, 2.45) is 0 Å². The van der Waals surface area contributed by atoms with Crippen LogP contribution in [0.15, 0.2) is 0 Å². The van der Waals surface area contributed by atoms with Crippen molar-refractivity contribution in [1.29, 1.82) is 0 Å². The van der Waals surface area contributed by atoms with E-state index in [2.05, 4.69) is 24.5 Å². The van der Waals surface area contributed by atoms with Gasteiger partial charge in [-0.3, -0.25) is 4.79 Å². The molecule has 0 bridgehead atoms. The highest BCUT2D eigenvalue weighted by atomic mass is 16.5. The summed E-state index contributed by atoms with van der Waals surface area (Å²) in [6.45, 7) is 8.94. The van der Waals surface area contributed by atoms with Crippen LogP contribution in [0.4, 0.5) is 0 Å². The lowest BCUT2D eigenvalue weighted by atomic mass is 9.88. The Bertz CT molecular complexity index is 248. The van der Waals surface area contributed by atoms with E-state index in [1.807, 2.05) is 13.8 Å². The highest BCUT2D eigenvalue weighted by Gasteiger charge is 2.31. The van der Waals surface area contributed by atoms with Crippen molar-refractivity contribution in [2.75, 3.05) is 6.61 Å². The van der Waals surface area contributed by atoms with Crippen LogP contribution in [0.5, 0.6) is 0 Å². The number of carbonyl (C=O) groups is 1. The van der Waals surface area contributed by atoms with E-state index in [0.29, 0.717) is 18.2 Å². The highest BCUT2D eigenvalue weighted by Crippen LogP contribution is 2.23. The third kappa shape index (κ3) is 4.58. The molecule has 1 saturated carbocycles. The lowest BCUT2D eigenvalue weighted by Crippen LogP contribution is -2.54. The van der Waals surface area contributed by atoms with Gasteiger partial charge >= 0.3 is 0 Å². The van der Waals surface area contributed by atoms with E-state index in [4.69, 9.17) is 4.74 Å². The third-order valence-corrected chi connectivity index (χ3v) is 3.71. The normalized spacial score (nSPS) is 24.7. The Morgan fingerprint density at radius 3 is 2.39 bits per heavy atom. The Morgan fingerprint density at radius 1 is 1.28 bits per heavy atom. The topological polar surface area (TPSA) is 50.4 Å². The van der Waals surface area contributed by atoms with Crippen LogP contribution >= 0.6 is 0 Å². The van der Waals surface area contributed by atoms with Crippen LogP contribution in [-0.2, 0) is 9.53 Å². The van der Waals surface area contributed by atoms with Gasteiger partial charge in [-0.05, 0) is 39.5 Å². The summed E-state index contributed by atoms with van der Waals surface area (Å²) in [5.41, 5.74) is 0. The first kappa shape index (κ1) is 15.4. The van der Waals surface area contributed by atoms with Gasteiger partial charge in [0.25, 0.3) is 0 Å². The predicted octanol–water partition coefficient (Wildman–Crippen LogP) is 1.84. The minimum atomic E-state index is -0.113. The smallest absolute Gasteiger partial charge is 0.237 e. The molecule has 1 unspecified atom stereocenters. The molecule has 18 heavy (non-hydrogen) atoms. The van der Waals surface area contributed by atoms with Gasteiger partial charge in [0.2, 0.25) is 5.91 Å². The van der Waals surface area contributed by atoms with Crippen LogP contribution < -0.4 is 10.6 Å². The molecule has 1 atom stereocenters.